The molecule has 0 aliphatic carbocycles. The zero-order valence-corrected chi connectivity index (χ0v) is 11.6. The third-order valence-electron chi connectivity index (χ3n) is 3.56. The normalized spacial score (nSPS) is 19.5. The highest BCUT2D eigenvalue weighted by Crippen LogP contribution is 2.25. The topological polar surface area (TPSA) is 49.8 Å². The first kappa shape index (κ1) is 13.9. The molecule has 0 bridgehead atoms. The van der Waals surface area contributed by atoms with Crippen LogP contribution in [-0.4, -0.2) is 36.9 Å². The molecule has 0 saturated carbocycles. The second-order valence-corrected chi connectivity index (χ2v) is 4.97. The molecule has 1 aromatic rings. The number of aromatic carboxylic acids is 1. The number of carboxylic acid groups (broad SMARTS) is 1. The van der Waals surface area contributed by atoms with Gasteiger partial charge in [0.1, 0.15) is 0 Å². The molecule has 4 heteroatoms. The number of hydrogen-bond acceptors (Lipinski definition) is 3. The van der Waals surface area contributed by atoms with Crippen molar-refractivity contribution in [1.29, 1.82) is 0 Å². The van der Waals surface area contributed by atoms with Gasteiger partial charge in [-0.2, -0.15) is 0 Å². The zero-order chi connectivity index (χ0) is 13.8. The van der Waals surface area contributed by atoms with Gasteiger partial charge in [0.05, 0.1) is 11.7 Å². The minimum Gasteiger partial charge on any atom is -0.478 e. The van der Waals surface area contributed by atoms with Gasteiger partial charge in [0, 0.05) is 25.4 Å². The number of rotatable bonds is 4. The Hall–Kier alpha value is -1.55. The molecule has 0 aromatic heterocycles. The maximum atomic E-state index is 10.9. The molecule has 0 spiro atoms. The van der Waals surface area contributed by atoms with E-state index in [2.05, 4.69) is 4.90 Å². The van der Waals surface area contributed by atoms with Crippen molar-refractivity contribution >= 4 is 11.7 Å². The van der Waals surface area contributed by atoms with Gasteiger partial charge in [-0.25, -0.2) is 4.79 Å². The van der Waals surface area contributed by atoms with Crippen LogP contribution in [0.5, 0.6) is 0 Å². The van der Waals surface area contributed by atoms with Crippen LogP contribution < -0.4 is 4.90 Å². The molecule has 1 fully saturated rings. The molecule has 1 heterocycles. The van der Waals surface area contributed by atoms with E-state index in [0.29, 0.717) is 5.56 Å². The summed E-state index contributed by atoms with van der Waals surface area (Å²) >= 11 is 0. The van der Waals surface area contributed by atoms with E-state index in [1.54, 1.807) is 12.1 Å². The lowest BCUT2D eigenvalue weighted by Crippen LogP contribution is -2.40. The van der Waals surface area contributed by atoms with Crippen molar-refractivity contribution in [3.05, 3.63) is 29.3 Å². The van der Waals surface area contributed by atoms with Crippen molar-refractivity contribution in [1.82, 2.24) is 0 Å². The predicted octanol–water partition coefficient (Wildman–Crippen LogP) is 2.70. The maximum absolute atomic E-state index is 10.9. The fourth-order valence-corrected chi connectivity index (χ4v) is 2.67. The minimum atomic E-state index is -0.875. The standard InChI is InChI=1S/C15H21NO3/c1-3-19-13-5-4-8-16(10-13)14-7-6-12(15(17)18)9-11(14)2/h6-7,9,13H,3-5,8,10H2,1-2H3,(H,17,18). The molecule has 1 aromatic carbocycles. The van der Waals surface area contributed by atoms with Crippen LogP contribution in [0.2, 0.25) is 0 Å². The number of anilines is 1. The lowest BCUT2D eigenvalue weighted by molar-refractivity contribution is 0.0526. The summed E-state index contributed by atoms with van der Waals surface area (Å²) in [7, 11) is 0. The first-order chi connectivity index (χ1) is 9.11. The van der Waals surface area contributed by atoms with Crippen LogP contribution in [0.4, 0.5) is 5.69 Å². The molecule has 0 radical (unpaired) electrons. The zero-order valence-electron chi connectivity index (χ0n) is 11.6. The summed E-state index contributed by atoms with van der Waals surface area (Å²) in [6, 6.07) is 5.32. The highest BCUT2D eigenvalue weighted by atomic mass is 16.5. The van der Waals surface area contributed by atoms with Crippen molar-refractivity contribution in [3.63, 3.8) is 0 Å². The number of ether oxygens (including phenoxy) is 1. The first-order valence-corrected chi connectivity index (χ1v) is 6.82. The van der Waals surface area contributed by atoms with Crippen LogP contribution in [0.1, 0.15) is 35.7 Å². The third-order valence-corrected chi connectivity index (χ3v) is 3.56. The van der Waals surface area contributed by atoms with Crippen LogP contribution in [0, 0.1) is 6.92 Å². The summed E-state index contributed by atoms with van der Waals surface area (Å²) in [4.78, 5) is 13.2. The summed E-state index contributed by atoms with van der Waals surface area (Å²) < 4.78 is 5.70. The smallest absolute Gasteiger partial charge is 0.335 e. The number of nitrogens with zero attached hydrogens (tertiary/aromatic N) is 1. The molecule has 1 aliphatic heterocycles. The average molecular weight is 263 g/mol. The van der Waals surface area contributed by atoms with Crippen LogP contribution in [0.3, 0.4) is 0 Å². The van der Waals surface area contributed by atoms with Gasteiger partial charge < -0.3 is 14.7 Å². The Balaban J connectivity index is 2.15. The molecule has 1 saturated heterocycles. The molecule has 2 rings (SSSR count). The van der Waals surface area contributed by atoms with E-state index in [0.717, 1.165) is 43.8 Å². The second-order valence-electron chi connectivity index (χ2n) is 4.97. The summed E-state index contributed by atoms with van der Waals surface area (Å²) in [5.74, 6) is -0.875. The monoisotopic (exact) mass is 263 g/mol. The maximum Gasteiger partial charge on any atom is 0.335 e. The number of piperidine rings is 1. The molecule has 1 N–H and O–H groups in total. The molecule has 0 amide bonds. The Labute approximate surface area is 114 Å². The van der Waals surface area contributed by atoms with Crippen molar-refractivity contribution in [2.24, 2.45) is 0 Å². The molecular formula is C15H21NO3. The Bertz CT molecular complexity index is 457. The van der Waals surface area contributed by atoms with Gasteiger partial charge in [0.15, 0.2) is 0 Å². The Morgan fingerprint density at radius 2 is 2.32 bits per heavy atom. The number of carboxylic acids is 1. The van der Waals surface area contributed by atoms with Crippen LogP contribution in [0.25, 0.3) is 0 Å². The minimum absolute atomic E-state index is 0.289. The molecular weight excluding hydrogens is 242 g/mol. The van der Waals surface area contributed by atoms with Gasteiger partial charge in [0.2, 0.25) is 0 Å². The molecule has 19 heavy (non-hydrogen) atoms. The van der Waals surface area contributed by atoms with Gasteiger partial charge in [0.25, 0.3) is 0 Å². The Kier molecular flexibility index (Phi) is 4.43. The van der Waals surface area contributed by atoms with Crippen LogP contribution in [0.15, 0.2) is 18.2 Å². The fraction of sp³-hybridized carbons (Fsp3) is 0.533. The number of benzene rings is 1. The van der Waals surface area contributed by atoms with E-state index in [1.807, 2.05) is 19.9 Å². The van der Waals surface area contributed by atoms with Gasteiger partial charge in [-0.3, -0.25) is 0 Å². The van der Waals surface area contributed by atoms with Gasteiger partial charge in [-0.15, -0.1) is 0 Å². The Morgan fingerprint density at radius 3 is 2.95 bits per heavy atom. The van der Waals surface area contributed by atoms with Crippen molar-refractivity contribution in [2.75, 3.05) is 24.6 Å². The predicted molar refractivity (Wildman–Crippen MR) is 75.0 cm³/mol. The fourth-order valence-electron chi connectivity index (χ4n) is 2.67. The van der Waals surface area contributed by atoms with E-state index >= 15 is 0 Å². The SMILES string of the molecule is CCOC1CCCN(c2ccc(C(=O)O)cc2C)C1. The molecule has 104 valence electrons. The van der Waals surface area contributed by atoms with Crippen molar-refractivity contribution < 1.29 is 14.6 Å². The largest absolute Gasteiger partial charge is 0.478 e. The van der Waals surface area contributed by atoms with E-state index < -0.39 is 5.97 Å². The number of aryl methyl sites for hydroxylation is 1. The number of hydrogen-bond donors (Lipinski definition) is 1. The summed E-state index contributed by atoms with van der Waals surface area (Å²) in [6.45, 7) is 6.63. The highest BCUT2D eigenvalue weighted by Gasteiger charge is 2.21. The lowest BCUT2D eigenvalue weighted by Gasteiger charge is -2.35. The van der Waals surface area contributed by atoms with Crippen molar-refractivity contribution in [3.8, 4) is 0 Å². The molecule has 1 unspecified atom stereocenters. The Morgan fingerprint density at radius 1 is 1.53 bits per heavy atom. The third kappa shape index (κ3) is 3.26. The van der Waals surface area contributed by atoms with Gasteiger partial charge in [-0.1, -0.05) is 0 Å². The lowest BCUT2D eigenvalue weighted by atomic mass is 10.0. The first-order valence-electron chi connectivity index (χ1n) is 6.82. The summed E-state index contributed by atoms with van der Waals surface area (Å²) in [6.07, 6.45) is 2.51. The highest BCUT2D eigenvalue weighted by molar-refractivity contribution is 5.88. The van der Waals surface area contributed by atoms with Gasteiger partial charge in [-0.05, 0) is 50.5 Å². The second kappa shape index (κ2) is 6.06. The quantitative estimate of drug-likeness (QED) is 0.907. The van der Waals surface area contributed by atoms with E-state index in [-0.39, 0.29) is 6.10 Å². The summed E-state index contributed by atoms with van der Waals surface area (Å²) in [5.41, 5.74) is 2.48. The molecule has 4 nitrogen and oxygen atoms in total. The van der Waals surface area contributed by atoms with Crippen LogP contribution >= 0.6 is 0 Å². The number of carbonyl (C=O) groups is 1. The van der Waals surface area contributed by atoms with Crippen molar-refractivity contribution in [2.45, 2.75) is 32.8 Å². The van der Waals surface area contributed by atoms with E-state index in [9.17, 15) is 4.79 Å². The average Bonchev–Trinajstić information content (AvgIpc) is 2.39. The van der Waals surface area contributed by atoms with Crippen LogP contribution in [-0.2, 0) is 4.74 Å². The van der Waals surface area contributed by atoms with Gasteiger partial charge >= 0.3 is 5.97 Å². The van der Waals surface area contributed by atoms with E-state index in [1.165, 1.54) is 0 Å². The molecule has 1 atom stereocenters. The van der Waals surface area contributed by atoms with E-state index in [4.69, 9.17) is 9.84 Å². The summed E-state index contributed by atoms with van der Waals surface area (Å²) in [5, 5.41) is 8.99. The molecule has 1 aliphatic rings.